The first-order chi connectivity index (χ1) is 13.2. The van der Waals surface area contributed by atoms with Gasteiger partial charge in [0.1, 0.15) is 0 Å². The summed E-state index contributed by atoms with van der Waals surface area (Å²) in [6, 6.07) is 17.2. The number of benzene rings is 2. The Labute approximate surface area is 158 Å². The fraction of sp³-hybridized carbons (Fsp3) is 0.333. The molecule has 2 saturated heterocycles. The van der Waals surface area contributed by atoms with Crippen LogP contribution in [0.15, 0.2) is 54.6 Å². The predicted molar refractivity (Wildman–Crippen MR) is 106 cm³/mol. The number of urea groups is 1. The van der Waals surface area contributed by atoms with Crippen LogP contribution in [0, 0.1) is 0 Å². The van der Waals surface area contributed by atoms with Gasteiger partial charge >= 0.3 is 6.03 Å². The maximum Gasteiger partial charge on any atom is 0.323 e. The van der Waals surface area contributed by atoms with E-state index < -0.39 is 0 Å². The predicted octanol–water partition coefficient (Wildman–Crippen LogP) is 3.34. The third kappa shape index (κ3) is 4.46. The fourth-order valence-corrected chi connectivity index (χ4v) is 3.96. The summed E-state index contributed by atoms with van der Waals surface area (Å²) >= 11 is 0. The summed E-state index contributed by atoms with van der Waals surface area (Å²) in [5, 5.41) is 12.3. The van der Waals surface area contributed by atoms with E-state index in [9.17, 15) is 9.59 Å². The fourth-order valence-electron chi connectivity index (χ4n) is 3.96. The number of hydrogen-bond donors (Lipinski definition) is 4. The Balaban J connectivity index is 1.30. The van der Waals surface area contributed by atoms with Crippen LogP contribution in [0.1, 0.15) is 36.0 Å². The average Bonchev–Trinajstić information content (AvgIpc) is 3.01. The van der Waals surface area contributed by atoms with E-state index in [0.717, 1.165) is 18.5 Å². The van der Waals surface area contributed by atoms with E-state index in [2.05, 4.69) is 21.3 Å². The minimum atomic E-state index is -0.316. The molecule has 4 N–H and O–H groups in total. The van der Waals surface area contributed by atoms with Crippen LogP contribution in [-0.2, 0) is 0 Å². The van der Waals surface area contributed by atoms with E-state index >= 15 is 0 Å². The number of nitrogens with one attached hydrogen (secondary N) is 4. The SMILES string of the molecule is O=C(Nc1ccccc1)Nc1ccc(C(=O)NC2CC3CCC(C2)N3)cc1. The lowest BCUT2D eigenvalue weighted by Crippen LogP contribution is -2.48. The molecule has 6 heteroatoms. The maximum atomic E-state index is 12.5. The molecule has 0 aliphatic carbocycles. The third-order valence-electron chi connectivity index (χ3n) is 5.24. The Morgan fingerprint density at radius 2 is 1.41 bits per heavy atom. The van der Waals surface area contributed by atoms with Gasteiger partial charge in [0.05, 0.1) is 0 Å². The second kappa shape index (κ2) is 7.80. The molecule has 0 saturated carbocycles. The molecule has 2 aromatic carbocycles. The van der Waals surface area contributed by atoms with Crippen molar-refractivity contribution in [3.8, 4) is 0 Å². The topological polar surface area (TPSA) is 82.3 Å². The van der Waals surface area contributed by atoms with Crippen molar-refractivity contribution in [3.05, 3.63) is 60.2 Å². The van der Waals surface area contributed by atoms with Crippen molar-refractivity contribution in [1.82, 2.24) is 10.6 Å². The number of anilines is 2. The van der Waals surface area contributed by atoms with Crippen molar-refractivity contribution in [3.63, 3.8) is 0 Å². The smallest absolute Gasteiger partial charge is 0.323 e. The van der Waals surface area contributed by atoms with Gasteiger partial charge in [0.15, 0.2) is 0 Å². The molecule has 2 bridgehead atoms. The monoisotopic (exact) mass is 364 g/mol. The van der Waals surface area contributed by atoms with Crippen LogP contribution in [0.3, 0.4) is 0 Å². The highest BCUT2D eigenvalue weighted by atomic mass is 16.2. The van der Waals surface area contributed by atoms with E-state index in [0.29, 0.717) is 23.3 Å². The summed E-state index contributed by atoms with van der Waals surface area (Å²) in [6.45, 7) is 0. The Morgan fingerprint density at radius 3 is 2.04 bits per heavy atom. The molecular weight excluding hydrogens is 340 g/mol. The minimum absolute atomic E-state index is 0.0541. The number of amides is 3. The van der Waals surface area contributed by atoms with Crippen molar-refractivity contribution in [1.29, 1.82) is 0 Å². The first kappa shape index (κ1) is 17.5. The number of rotatable bonds is 4. The summed E-state index contributed by atoms with van der Waals surface area (Å²) in [4.78, 5) is 24.5. The quantitative estimate of drug-likeness (QED) is 0.671. The Morgan fingerprint density at radius 1 is 0.815 bits per heavy atom. The van der Waals surface area contributed by atoms with E-state index in [1.165, 1.54) is 12.8 Å². The molecule has 2 aliphatic heterocycles. The van der Waals surface area contributed by atoms with Crippen molar-refractivity contribution in [2.75, 3.05) is 10.6 Å². The molecule has 2 aliphatic rings. The Bertz CT molecular complexity index is 795. The number of fused-ring (bicyclic) bond motifs is 2. The summed E-state index contributed by atoms with van der Waals surface area (Å²) in [6.07, 6.45) is 4.42. The zero-order valence-electron chi connectivity index (χ0n) is 15.1. The minimum Gasteiger partial charge on any atom is -0.349 e. The number of hydrogen-bond acceptors (Lipinski definition) is 3. The first-order valence-corrected chi connectivity index (χ1v) is 9.46. The van der Waals surface area contributed by atoms with Gasteiger partial charge in [-0.05, 0) is 62.1 Å². The highest BCUT2D eigenvalue weighted by molar-refractivity contribution is 6.00. The molecule has 27 heavy (non-hydrogen) atoms. The summed E-state index contributed by atoms with van der Waals surface area (Å²) in [5.41, 5.74) is 1.97. The van der Waals surface area contributed by atoms with E-state index in [4.69, 9.17) is 0 Å². The second-order valence-corrected chi connectivity index (χ2v) is 7.30. The van der Waals surface area contributed by atoms with Crippen molar-refractivity contribution in [2.45, 2.75) is 43.8 Å². The Kier molecular flexibility index (Phi) is 5.07. The zero-order chi connectivity index (χ0) is 18.6. The molecule has 2 fully saturated rings. The van der Waals surface area contributed by atoms with Crippen LogP contribution >= 0.6 is 0 Å². The molecule has 2 unspecified atom stereocenters. The van der Waals surface area contributed by atoms with Gasteiger partial charge in [0.25, 0.3) is 5.91 Å². The summed E-state index contributed by atoms with van der Waals surface area (Å²) in [5.74, 6) is -0.0541. The second-order valence-electron chi connectivity index (χ2n) is 7.30. The molecule has 2 heterocycles. The molecule has 0 radical (unpaired) electrons. The van der Waals surface area contributed by atoms with Gasteiger partial charge < -0.3 is 21.3 Å². The van der Waals surface area contributed by atoms with Gasteiger partial charge in [-0.2, -0.15) is 0 Å². The van der Waals surface area contributed by atoms with Crippen LogP contribution in [0.5, 0.6) is 0 Å². The highest BCUT2D eigenvalue weighted by Crippen LogP contribution is 2.27. The molecule has 0 aromatic heterocycles. The van der Waals surface area contributed by atoms with E-state index in [-0.39, 0.29) is 18.0 Å². The van der Waals surface area contributed by atoms with Gasteiger partial charge in [-0.3, -0.25) is 4.79 Å². The number of para-hydroxylation sites is 1. The molecule has 2 aromatic rings. The molecule has 4 rings (SSSR count). The lowest BCUT2D eigenvalue weighted by molar-refractivity contribution is 0.0924. The Hall–Kier alpha value is -2.86. The van der Waals surface area contributed by atoms with Gasteiger partial charge in [-0.25, -0.2) is 4.79 Å². The normalized spacial score (nSPS) is 23.5. The van der Waals surface area contributed by atoms with Crippen molar-refractivity contribution < 1.29 is 9.59 Å². The van der Waals surface area contributed by atoms with E-state index in [1.54, 1.807) is 24.3 Å². The summed E-state index contributed by atoms with van der Waals surface area (Å²) < 4.78 is 0. The van der Waals surface area contributed by atoms with Gasteiger partial charge in [0.2, 0.25) is 0 Å². The standard InChI is InChI=1S/C21H24N4O2/c26-20(23-19-12-17-10-11-18(13-19)22-17)14-6-8-16(9-7-14)25-21(27)24-15-4-2-1-3-5-15/h1-9,17-19,22H,10-13H2,(H,23,26)(H2,24,25,27). The molecular formula is C21H24N4O2. The van der Waals surface area contributed by atoms with Crippen molar-refractivity contribution in [2.24, 2.45) is 0 Å². The van der Waals surface area contributed by atoms with Crippen LogP contribution in [-0.4, -0.2) is 30.1 Å². The molecule has 3 amide bonds. The highest BCUT2D eigenvalue weighted by Gasteiger charge is 2.34. The zero-order valence-corrected chi connectivity index (χ0v) is 15.1. The largest absolute Gasteiger partial charge is 0.349 e. The third-order valence-corrected chi connectivity index (χ3v) is 5.24. The van der Waals surface area contributed by atoms with Crippen LogP contribution in [0.2, 0.25) is 0 Å². The van der Waals surface area contributed by atoms with Crippen LogP contribution in [0.4, 0.5) is 16.2 Å². The molecule has 6 nitrogen and oxygen atoms in total. The molecule has 0 spiro atoms. The van der Waals surface area contributed by atoms with E-state index in [1.807, 2.05) is 30.3 Å². The van der Waals surface area contributed by atoms with Crippen molar-refractivity contribution >= 4 is 23.3 Å². The molecule has 140 valence electrons. The van der Waals surface area contributed by atoms with Gasteiger partial charge in [-0.15, -0.1) is 0 Å². The van der Waals surface area contributed by atoms with Crippen LogP contribution in [0.25, 0.3) is 0 Å². The number of carbonyl (C=O) groups is 2. The van der Waals surface area contributed by atoms with Crippen LogP contribution < -0.4 is 21.3 Å². The molecule has 2 atom stereocenters. The maximum absolute atomic E-state index is 12.5. The number of piperidine rings is 1. The van der Waals surface area contributed by atoms with Gasteiger partial charge in [-0.1, -0.05) is 18.2 Å². The number of carbonyl (C=O) groups excluding carboxylic acids is 2. The first-order valence-electron chi connectivity index (χ1n) is 9.46. The lowest BCUT2D eigenvalue weighted by atomic mass is 9.99. The average molecular weight is 364 g/mol. The van der Waals surface area contributed by atoms with Gasteiger partial charge in [0, 0.05) is 35.1 Å². The summed E-state index contributed by atoms with van der Waals surface area (Å²) in [7, 11) is 0. The lowest BCUT2D eigenvalue weighted by Gasteiger charge is -2.29.